The molecule has 1 nitrogen and oxygen atoms in total. The summed E-state index contributed by atoms with van der Waals surface area (Å²) in [7, 11) is 0. The summed E-state index contributed by atoms with van der Waals surface area (Å²) in [5.41, 5.74) is 0. The van der Waals surface area contributed by atoms with E-state index in [1.165, 1.54) is 23.7 Å². The van der Waals surface area contributed by atoms with Crippen LogP contribution in [0, 0.1) is 0 Å². The van der Waals surface area contributed by atoms with Crippen LogP contribution in [-0.2, 0) is 0 Å². The molecule has 0 fully saturated rings. The Morgan fingerprint density at radius 1 is 1.33 bits per heavy atom. The van der Waals surface area contributed by atoms with Crippen molar-refractivity contribution in [1.29, 1.82) is 0 Å². The fourth-order valence-corrected chi connectivity index (χ4v) is 2.04. The quantitative estimate of drug-likeness (QED) is 0.614. The summed E-state index contributed by atoms with van der Waals surface area (Å²) >= 11 is 3.93. The van der Waals surface area contributed by atoms with Crippen molar-refractivity contribution in [1.82, 2.24) is 5.32 Å². The molecule has 0 aliphatic heterocycles. The standard InChI is InChI=1S/C9H21NS2/c1-4-12-7-5-9(2)10-6-8-11-3/h9-10H,4-8H2,1-3H3. The van der Waals surface area contributed by atoms with Gasteiger partial charge >= 0.3 is 0 Å². The molecule has 12 heavy (non-hydrogen) atoms. The highest BCUT2D eigenvalue weighted by atomic mass is 32.2. The molecule has 0 bridgehead atoms. The zero-order chi connectivity index (χ0) is 9.23. The van der Waals surface area contributed by atoms with E-state index in [4.69, 9.17) is 0 Å². The fraction of sp³-hybridized carbons (Fsp3) is 1.00. The van der Waals surface area contributed by atoms with Crippen molar-refractivity contribution >= 4 is 23.5 Å². The summed E-state index contributed by atoms with van der Waals surface area (Å²) < 4.78 is 0. The molecule has 0 rings (SSSR count). The van der Waals surface area contributed by atoms with Crippen LogP contribution in [-0.4, -0.2) is 36.1 Å². The van der Waals surface area contributed by atoms with Crippen molar-refractivity contribution in [2.24, 2.45) is 0 Å². The molecule has 0 spiro atoms. The maximum Gasteiger partial charge on any atom is 0.00554 e. The van der Waals surface area contributed by atoms with Gasteiger partial charge in [0.25, 0.3) is 0 Å². The van der Waals surface area contributed by atoms with E-state index in [-0.39, 0.29) is 0 Å². The lowest BCUT2D eigenvalue weighted by molar-refractivity contribution is 0.559. The minimum atomic E-state index is 0.691. The molecule has 0 saturated carbocycles. The molecule has 1 atom stereocenters. The van der Waals surface area contributed by atoms with Crippen LogP contribution in [0.2, 0.25) is 0 Å². The van der Waals surface area contributed by atoms with Crippen LogP contribution in [0.3, 0.4) is 0 Å². The van der Waals surface area contributed by atoms with E-state index < -0.39 is 0 Å². The van der Waals surface area contributed by atoms with Crippen LogP contribution >= 0.6 is 23.5 Å². The van der Waals surface area contributed by atoms with Crippen molar-refractivity contribution in [3.8, 4) is 0 Å². The van der Waals surface area contributed by atoms with Crippen molar-refractivity contribution in [3.63, 3.8) is 0 Å². The predicted octanol–water partition coefficient (Wildman–Crippen LogP) is 2.47. The Morgan fingerprint density at radius 2 is 2.08 bits per heavy atom. The summed E-state index contributed by atoms with van der Waals surface area (Å²) in [6, 6.07) is 0.691. The zero-order valence-electron chi connectivity index (χ0n) is 8.43. The predicted molar refractivity (Wildman–Crippen MR) is 63.5 cm³/mol. The SMILES string of the molecule is CCSCCC(C)NCCSC. The zero-order valence-corrected chi connectivity index (χ0v) is 10.1. The van der Waals surface area contributed by atoms with Crippen molar-refractivity contribution < 1.29 is 0 Å². The van der Waals surface area contributed by atoms with Crippen LogP contribution in [0.4, 0.5) is 0 Å². The molecule has 74 valence electrons. The highest BCUT2D eigenvalue weighted by Gasteiger charge is 1.98. The van der Waals surface area contributed by atoms with E-state index in [0.29, 0.717) is 6.04 Å². The highest BCUT2D eigenvalue weighted by Crippen LogP contribution is 2.03. The first-order valence-electron chi connectivity index (χ1n) is 4.61. The van der Waals surface area contributed by atoms with Crippen LogP contribution < -0.4 is 5.32 Å². The first kappa shape index (κ1) is 12.7. The number of thioether (sulfide) groups is 2. The average Bonchev–Trinajstić information content (AvgIpc) is 2.06. The summed E-state index contributed by atoms with van der Waals surface area (Å²) in [5, 5.41) is 3.51. The Balaban J connectivity index is 3.04. The second-order valence-corrected chi connectivity index (χ2v) is 5.21. The van der Waals surface area contributed by atoms with E-state index >= 15 is 0 Å². The van der Waals surface area contributed by atoms with Crippen LogP contribution in [0.15, 0.2) is 0 Å². The van der Waals surface area contributed by atoms with E-state index in [1.807, 2.05) is 23.5 Å². The highest BCUT2D eigenvalue weighted by molar-refractivity contribution is 7.99. The number of rotatable bonds is 8. The Morgan fingerprint density at radius 3 is 2.67 bits per heavy atom. The molecule has 0 heterocycles. The summed E-state index contributed by atoms with van der Waals surface area (Å²) in [5.74, 6) is 3.77. The summed E-state index contributed by atoms with van der Waals surface area (Å²) in [4.78, 5) is 0. The van der Waals surface area contributed by atoms with Gasteiger partial charge in [-0.15, -0.1) is 0 Å². The van der Waals surface area contributed by atoms with Gasteiger partial charge in [-0.1, -0.05) is 6.92 Å². The molecule has 3 heteroatoms. The van der Waals surface area contributed by atoms with E-state index in [1.54, 1.807) is 0 Å². The van der Waals surface area contributed by atoms with Gasteiger partial charge in [-0.05, 0) is 31.1 Å². The first-order valence-corrected chi connectivity index (χ1v) is 7.16. The van der Waals surface area contributed by atoms with E-state index in [9.17, 15) is 0 Å². The second kappa shape index (κ2) is 9.75. The number of hydrogen-bond donors (Lipinski definition) is 1. The molecule has 1 N–H and O–H groups in total. The molecule has 0 aromatic carbocycles. The third-order valence-electron chi connectivity index (χ3n) is 1.70. The van der Waals surface area contributed by atoms with Crippen LogP contribution in [0.1, 0.15) is 20.3 Å². The van der Waals surface area contributed by atoms with Gasteiger partial charge in [0.15, 0.2) is 0 Å². The van der Waals surface area contributed by atoms with E-state index in [0.717, 1.165) is 6.54 Å². The third-order valence-corrected chi connectivity index (χ3v) is 3.24. The Bertz CT molecular complexity index is 78.6. The largest absolute Gasteiger partial charge is 0.313 e. The monoisotopic (exact) mass is 207 g/mol. The maximum absolute atomic E-state index is 3.51. The van der Waals surface area contributed by atoms with Gasteiger partial charge in [0.1, 0.15) is 0 Å². The van der Waals surface area contributed by atoms with Gasteiger partial charge in [0.2, 0.25) is 0 Å². The lowest BCUT2D eigenvalue weighted by Gasteiger charge is -2.12. The van der Waals surface area contributed by atoms with Crippen LogP contribution in [0.5, 0.6) is 0 Å². The molecule has 1 unspecified atom stereocenters. The molecule has 0 aliphatic carbocycles. The van der Waals surface area contributed by atoms with Gasteiger partial charge in [-0.25, -0.2) is 0 Å². The Kier molecular flexibility index (Phi) is 10.3. The normalized spacial score (nSPS) is 13.2. The second-order valence-electron chi connectivity index (χ2n) is 2.83. The maximum atomic E-state index is 3.51. The van der Waals surface area contributed by atoms with Crippen molar-refractivity contribution in [3.05, 3.63) is 0 Å². The average molecular weight is 207 g/mol. The molecule has 0 aromatic heterocycles. The summed E-state index contributed by atoms with van der Waals surface area (Å²) in [6.07, 6.45) is 3.45. The van der Waals surface area contributed by atoms with Crippen molar-refractivity contribution in [2.45, 2.75) is 26.3 Å². The lowest BCUT2D eigenvalue weighted by atomic mass is 10.3. The Labute approximate surface area is 85.5 Å². The van der Waals surface area contributed by atoms with Gasteiger partial charge in [-0.2, -0.15) is 23.5 Å². The molecule has 0 aromatic rings. The molecule has 0 saturated heterocycles. The molecule has 0 amide bonds. The first-order chi connectivity index (χ1) is 5.81. The minimum Gasteiger partial charge on any atom is -0.313 e. The fourth-order valence-electron chi connectivity index (χ4n) is 0.914. The van der Waals surface area contributed by atoms with Gasteiger partial charge in [0, 0.05) is 18.3 Å². The van der Waals surface area contributed by atoms with Gasteiger partial charge in [-0.3, -0.25) is 0 Å². The van der Waals surface area contributed by atoms with Gasteiger partial charge in [0.05, 0.1) is 0 Å². The minimum absolute atomic E-state index is 0.691. The molecular weight excluding hydrogens is 186 g/mol. The number of hydrogen-bond acceptors (Lipinski definition) is 3. The lowest BCUT2D eigenvalue weighted by Crippen LogP contribution is -2.28. The number of nitrogens with one attached hydrogen (secondary N) is 1. The van der Waals surface area contributed by atoms with Crippen molar-refractivity contribution in [2.75, 3.05) is 30.1 Å². The molecule has 0 aliphatic rings. The smallest absolute Gasteiger partial charge is 0.00554 e. The molecular formula is C9H21NS2. The van der Waals surface area contributed by atoms with Crippen LogP contribution in [0.25, 0.3) is 0 Å². The third kappa shape index (κ3) is 8.75. The summed E-state index contributed by atoms with van der Waals surface area (Å²) in [6.45, 7) is 5.64. The van der Waals surface area contributed by atoms with E-state index in [2.05, 4.69) is 25.4 Å². The topological polar surface area (TPSA) is 12.0 Å². The van der Waals surface area contributed by atoms with Gasteiger partial charge < -0.3 is 5.32 Å². The Hall–Kier alpha value is 0.660. The molecule has 0 radical (unpaired) electrons.